The van der Waals surface area contributed by atoms with E-state index in [1.165, 1.54) is 11.3 Å². The smallest absolute Gasteiger partial charge is 0.273 e. The number of nitrogens with one attached hydrogen (secondary N) is 1. The third-order valence-corrected chi connectivity index (χ3v) is 7.24. The minimum absolute atomic E-state index is 0.0815. The largest absolute Gasteiger partial charge is 0.336 e. The highest BCUT2D eigenvalue weighted by Crippen LogP contribution is 2.34. The van der Waals surface area contributed by atoms with Gasteiger partial charge in [-0.05, 0) is 51.8 Å². The van der Waals surface area contributed by atoms with Crippen LogP contribution < -0.4 is 4.72 Å². The molecule has 0 aliphatic rings. The number of aromatic nitrogens is 1. The molecule has 110 valence electrons. The second kappa shape index (κ2) is 5.56. The van der Waals surface area contributed by atoms with Crippen molar-refractivity contribution in [2.45, 2.75) is 11.1 Å². The lowest BCUT2D eigenvalue weighted by molar-refractivity contribution is 0.430. The van der Waals surface area contributed by atoms with Crippen LogP contribution in [0.5, 0.6) is 0 Å². The van der Waals surface area contributed by atoms with Crippen molar-refractivity contribution in [2.24, 2.45) is 0 Å². The zero-order chi connectivity index (χ0) is 15.0. The van der Waals surface area contributed by atoms with E-state index < -0.39 is 10.0 Å². The van der Waals surface area contributed by atoms with Crippen LogP contribution in [0.2, 0.25) is 0 Å². The fourth-order valence-electron chi connectivity index (χ4n) is 1.62. The van der Waals surface area contributed by atoms with Gasteiger partial charge in [0.05, 0.1) is 5.69 Å². The van der Waals surface area contributed by atoms with Gasteiger partial charge in [0.1, 0.15) is 8.68 Å². The Morgan fingerprint density at radius 2 is 2.14 bits per heavy atom. The third kappa shape index (κ3) is 2.91. The van der Waals surface area contributed by atoms with Gasteiger partial charge >= 0.3 is 0 Å². The van der Waals surface area contributed by atoms with Gasteiger partial charge in [-0.2, -0.15) is 11.3 Å². The van der Waals surface area contributed by atoms with E-state index in [0.717, 1.165) is 10.4 Å². The maximum atomic E-state index is 12.3. The Bertz CT molecular complexity index is 866. The Morgan fingerprint density at radius 3 is 2.76 bits per heavy atom. The number of halogens is 1. The van der Waals surface area contributed by atoms with Crippen LogP contribution >= 0.6 is 38.6 Å². The Kier molecular flexibility index (Phi) is 3.91. The first-order valence-electron chi connectivity index (χ1n) is 5.74. The standard InChI is InChI=1S/C12H9BrN2O3S3/c1-7-11(13)12(18-14-7)15-21(16,17)10-3-2-9(20-10)8-4-5-19-6-8/h2-6,15H,1H3. The molecule has 5 nitrogen and oxygen atoms in total. The van der Waals surface area contributed by atoms with Crippen LogP contribution in [-0.4, -0.2) is 13.6 Å². The number of hydrogen-bond acceptors (Lipinski definition) is 6. The summed E-state index contributed by atoms with van der Waals surface area (Å²) in [6, 6.07) is 5.33. The Labute approximate surface area is 137 Å². The fraction of sp³-hybridized carbons (Fsp3) is 0.0833. The molecule has 0 radical (unpaired) electrons. The summed E-state index contributed by atoms with van der Waals surface area (Å²) in [4.78, 5) is 0.907. The number of nitrogens with zero attached hydrogens (tertiary/aromatic N) is 1. The summed E-state index contributed by atoms with van der Waals surface area (Å²) in [6.45, 7) is 1.71. The van der Waals surface area contributed by atoms with Crippen LogP contribution in [0, 0.1) is 6.92 Å². The number of hydrogen-bond donors (Lipinski definition) is 1. The topological polar surface area (TPSA) is 72.2 Å². The fourth-order valence-corrected chi connectivity index (χ4v) is 5.02. The number of aryl methyl sites for hydroxylation is 1. The molecule has 0 bridgehead atoms. The van der Waals surface area contributed by atoms with Gasteiger partial charge in [-0.15, -0.1) is 11.3 Å². The van der Waals surface area contributed by atoms with Crippen molar-refractivity contribution in [3.05, 3.63) is 39.1 Å². The average Bonchev–Trinajstić information content (AvgIpc) is 3.14. The van der Waals surface area contributed by atoms with E-state index in [2.05, 4.69) is 25.8 Å². The molecule has 1 N–H and O–H groups in total. The molecule has 0 aromatic carbocycles. The molecule has 21 heavy (non-hydrogen) atoms. The van der Waals surface area contributed by atoms with E-state index in [4.69, 9.17) is 4.52 Å². The molecule has 0 amide bonds. The number of thiophene rings is 2. The monoisotopic (exact) mass is 404 g/mol. The van der Waals surface area contributed by atoms with Crippen molar-refractivity contribution in [1.29, 1.82) is 0 Å². The first-order chi connectivity index (χ1) is 9.97. The number of rotatable bonds is 4. The van der Waals surface area contributed by atoms with Crippen LogP contribution in [0.3, 0.4) is 0 Å². The van der Waals surface area contributed by atoms with Crippen LogP contribution in [0.25, 0.3) is 10.4 Å². The van der Waals surface area contributed by atoms with Crippen molar-refractivity contribution < 1.29 is 12.9 Å². The summed E-state index contributed by atoms with van der Waals surface area (Å²) in [6.07, 6.45) is 0. The maximum absolute atomic E-state index is 12.3. The van der Waals surface area contributed by atoms with Crippen molar-refractivity contribution in [3.63, 3.8) is 0 Å². The second-order valence-electron chi connectivity index (χ2n) is 4.15. The van der Waals surface area contributed by atoms with E-state index in [1.54, 1.807) is 30.4 Å². The second-order valence-corrected chi connectivity index (χ2v) is 8.71. The molecule has 0 saturated carbocycles. The predicted octanol–water partition coefficient (Wildman–Crippen LogP) is 4.34. The molecule has 0 aliphatic heterocycles. The minimum Gasteiger partial charge on any atom is -0.336 e. The highest BCUT2D eigenvalue weighted by atomic mass is 79.9. The Morgan fingerprint density at radius 1 is 1.33 bits per heavy atom. The first-order valence-corrected chi connectivity index (χ1v) is 9.78. The molecule has 3 aromatic rings. The molecular weight excluding hydrogens is 396 g/mol. The molecule has 3 aromatic heterocycles. The van der Waals surface area contributed by atoms with Gasteiger partial charge in [-0.1, -0.05) is 5.16 Å². The van der Waals surface area contributed by atoms with E-state index in [9.17, 15) is 8.42 Å². The van der Waals surface area contributed by atoms with Gasteiger partial charge in [0.2, 0.25) is 0 Å². The summed E-state index contributed by atoms with van der Waals surface area (Å²) >= 11 is 6.01. The zero-order valence-corrected chi connectivity index (χ0v) is 14.7. The molecule has 3 rings (SSSR count). The molecule has 0 fully saturated rings. The molecule has 0 saturated heterocycles. The highest BCUT2D eigenvalue weighted by Gasteiger charge is 2.22. The predicted molar refractivity (Wildman–Crippen MR) is 87.4 cm³/mol. The minimum atomic E-state index is -3.68. The summed E-state index contributed by atoms with van der Waals surface area (Å²) in [5.41, 5.74) is 1.60. The Hall–Kier alpha value is -1.16. The van der Waals surface area contributed by atoms with Crippen LogP contribution in [0.4, 0.5) is 5.88 Å². The van der Waals surface area contributed by atoms with Gasteiger partial charge < -0.3 is 4.52 Å². The maximum Gasteiger partial charge on any atom is 0.273 e. The quantitative estimate of drug-likeness (QED) is 0.701. The van der Waals surface area contributed by atoms with Crippen LogP contribution in [-0.2, 0) is 10.0 Å². The first kappa shape index (κ1) is 14.8. The van der Waals surface area contributed by atoms with E-state index in [1.807, 2.05) is 16.8 Å². The lowest BCUT2D eigenvalue weighted by Gasteiger charge is -2.02. The van der Waals surface area contributed by atoms with Crippen molar-refractivity contribution in [1.82, 2.24) is 5.16 Å². The summed E-state index contributed by atoms with van der Waals surface area (Å²) in [7, 11) is -3.68. The van der Waals surface area contributed by atoms with E-state index in [0.29, 0.717) is 10.2 Å². The zero-order valence-electron chi connectivity index (χ0n) is 10.7. The summed E-state index contributed by atoms with van der Waals surface area (Å²) < 4.78 is 32.7. The highest BCUT2D eigenvalue weighted by molar-refractivity contribution is 9.10. The van der Waals surface area contributed by atoms with Gasteiger partial charge in [0, 0.05) is 10.4 Å². The van der Waals surface area contributed by atoms with E-state index in [-0.39, 0.29) is 10.1 Å². The molecule has 0 unspecified atom stereocenters. The van der Waals surface area contributed by atoms with Crippen molar-refractivity contribution in [2.75, 3.05) is 4.72 Å². The summed E-state index contributed by atoms with van der Waals surface area (Å²) in [5, 5.41) is 7.63. The molecule has 0 aliphatic carbocycles. The summed E-state index contributed by atoms with van der Waals surface area (Å²) in [5.74, 6) is 0.0815. The van der Waals surface area contributed by atoms with Crippen LogP contribution in [0.15, 0.2) is 42.2 Å². The van der Waals surface area contributed by atoms with Crippen molar-refractivity contribution >= 4 is 54.5 Å². The molecule has 9 heteroatoms. The van der Waals surface area contributed by atoms with Crippen molar-refractivity contribution in [3.8, 4) is 10.4 Å². The van der Waals surface area contributed by atoms with Gasteiger partial charge in [0.25, 0.3) is 15.9 Å². The third-order valence-electron chi connectivity index (χ3n) is 2.67. The van der Waals surface area contributed by atoms with Gasteiger partial charge in [-0.3, -0.25) is 0 Å². The number of sulfonamides is 1. The average molecular weight is 405 g/mol. The van der Waals surface area contributed by atoms with E-state index >= 15 is 0 Å². The number of anilines is 1. The molecular formula is C12H9BrN2O3S3. The molecule has 0 atom stereocenters. The van der Waals surface area contributed by atoms with Gasteiger partial charge in [0.15, 0.2) is 0 Å². The SMILES string of the molecule is Cc1noc(NS(=O)(=O)c2ccc(-c3ccsc3)s2)c1Br. The lowest BCUT2D eigenvalue weighted by Crippen LogP contribution is -2.11. The lowest BCUT2D eigenvalue weighted by atomic mass is 10.3. The normalized spacial score (nSPS) is 11.7. The Balaban J connectivity index is 1.90. The van der Waals surface area contributed by atoms with Crippen LogP contribution in [0.1, 0.15) is 5.69 Å². The molecule has 0 spiro atoms. The molecule has 3 heterocycles. The van der Waals surface area contributed by atoms with Gasteiger partial charge in [-0.25, -0.2) is 13.1 Å².